The monoisotopic (exact) mass is 707 g/mol. The van der Waals surface area contributed by atoms with Crippen LogP contribution in [-0.4, -0.2) is 75.5 Å². The molecule has 0 unspecified atom stereocenters. The number of fused-ring (bicyclic) bond motifs is 4. The van der Waals surface area contributed by atoms with Crippen LogP contribution >= 0.6 is 0 Å². The van der Waals surface area contributed by atoms with Crippen LogP contribution in [0.4, 0.5) is 13.6 Å². The van der Waals surface area contributed by atoms with Crippen molar-refractivity contribution in [3.63, 3.8) is 0 Å². The van der Waals surface area contributed by atoms with Crippen LogP contribution in [0.2, 0.25) is 0 Å². The van der Waals surface area contributed by atoms with E-state index in [0.717, 1.165) is 54.6 Å². The molecule has 3 aliphatic rings. The number of ether oxygens (including phenoxy) is 1. The molecule has 0 radical (unpaired) electrons. The van der Waals surface area contributed by atoms with E-state index in [4.69, 9.17) is 4.98 Å². The summed E-state index contributed by atoms with van der Waals surface area (Å²) in [5.74, 6) is -1.44. The number of carbonyl (C=O) groups excluding carboxylic acids is 2. The maximum absolute atomic E-state index is 16.3. The van der Waals surface area contributed by atoms with Gasteiger partial charge in [0.15, 0.2) is 0 Å². The fraction of sp³-hybridized carbons (Fsp3) is 0.400. The summed E-state index contributed by atoms with van der Waals surface area (Å²) in [4.78, 5) is 44.8. The third kappa shape index (κ3) is 6.12. The van der Waals surface area contributed by atoms with Crippen LogP contribution in [0.1, 0.15) is 68.3 Å². The van der Waals surface area contributed by atoms with Gasteiger partial charge in [-0.25, -0.2) is 14.8 Å². The van der Waals surface area contributed by atoms with Gasteiger partial charge >= 0.3 is 6.09 Å². The highest BCUT2D eigenvalue weighted by molar-refractivity contribution is 5.87. The number of aromatic nitrogens is 4. The van der Waals surface area contributed by atoms with Crippen molar-refractivity contribution in [1.29, 1.82) is 0 Å². The summed E-state index contributed by atoms with van der Waals surface area (Å²) < 4.78 is 37.2. The highest BCUT2D eigenvalue weighted by Crippen LogP contribution is 2.53. The molecule has 10 nitrogen and oxygen atoms in total. The molecular weight excluding hydrogens is 664 g/mol. The molecule has 2 aromatic heterocycles. The highest BCUT2D eigenvalue weighted by atomic mass is 19.3. The van der Waals surface area contributed by atoms with Crippen LogP contribution in [0, 0.1) is 11.3 Å². The minimum atomic E-state index is -3.21. The Kier molecular flexibility index (Phi) is 8.40. The van der Waals surface area contributed by atoms with Crippen LogP contribution in [0.5, 0.6) is 0 Å². The van der Waals surface area contributed by atoms with Crippen LogP contribution in [0.3, 0.4) is 0 Å². The minimum absolute atomic E-state index is 0.0190. The molecule has 2 fully saturated rings. The Balaban J connectivity index is 1.03. The van der Waals surface area contributed by atoms with Gasteiger partial charge in [-0.15, -0.1) is 0 Å². The van der Waals surface area contributed by atoms with Gasteiger partial charge in [0.05, 0.1) is 42.6 Å². The molecule has 0 bridgehead atoms. The molecule has 12 heteroatoms. The van der Waals surface area contributed by atoms with Gasteiger partial charge < -0.3 is 24.9 Å². The molecule has 1 saturated heterocycles. The first-order valence-corrected chi connectivity index (χ1v) is 18.0. The zero-order chi connectivity index (χ0) is 36.4. The lowest BCUT2D eigenvalue weighted by atomic mass is 9.97. The normalized spacial score (nSPS) is 19.7. The lowest BCUT2D eigenvalue weighted by Crippen LogP contribution is -2.42. The van der Waals surface area contributed by atoms with Crippen molar-refractivity contribution in [3.05, 3.63) is 83.6 Å². The smallest absolute Gasteiger partial charge is 0.407 e. The number of benzene rings is 3. The van der Waals surface area contributed by atoms with Crippen molar-refractivity contribution in [1.82, 2.24) is 35.1 Å². The predicted molar refractivity (Wildman–Crippen MR) is 194 cm³/mol. The number of alkyl halides is 2. The second kappa shape index (κ2) is 12.8. The summed E-state index contributed by atoms with van der Waals surface area (Å²) in [5.41, 5.74) is 5.45. The van der Waals surface area contributed by atoms with E-state index in [-0.39, 0.29) is 41.6 Å². The van der Waals surface area contributed by atoms with Crippen molar-refractivity contribution in [2.75, 3.05) is 33.8 Å². The second-order valence-electron chi connectivity index (χ2n) is 15.0. The van der Waals surface area contributed by atoms with Gasteiger partial charge in [0.2, 0.25) is 5.91 Å². The average Bonchev–Trinajstić information content (AvgIpc) is 3.51. The van der Waals surface area contributed by atoms with Crippen LogP contribution in [-0.2, 0) is 22.0 Å². The Morgan fingerprint density at radius 3 is 2.42 bits per heavy atom. The fourth-order valence-electron chi connectivity index (χ4n) is 7.97. The summed E-state index contributed by atoms with van der Waals surface area (Å²) in [6, 6.07) is 16.6. The summed E-state index contributed by atoms with van der Waals surface area (Å²) in [5, 5.41) is 2.45. The molecule has 5 aromatic rings. The van der Waals surface area contributed by atoms with Crippen molar-refractivity contribution < 1.29 is 23.1 Å². The number of alkyl carbamates (subject to hydrolysis) is 1. The standard InChI is InChI=1S/C40H43F2N7O3/c1-5-23-12-15-48(3)36(23)37-46-31-11-8-25(18-32(31)47-37)24-6-9-27-28-10-7-26(17-30(28)40(41,42)29(27)16-24)33-19-43-34(45-33)21-49(22-39(2)13-14-39)35(50)20-44-38(51)52-4/h6-11,16-19,23,36H,5,12-15,20-22H2,1-4H3,(H,43,45)(H,44,51)(H,46,47)/t23-,36+/m1/s1. The number of likely N-dealkylation sites (tertiary alicyclic amines) is 1. The number of hydrogen-bond acceptors (Lipinski definition) is 6. The summed E-state index contributed by atoms with van der Waals surface area (Å²) in [6.45, 7) is 5.89. The van der Waals surface area contributed by atoms with Crippen molar-refractivity contribution >= 4 is 23.0 Å². The number of carbonyl (C=O) groups is 2. The largest absolute Gasteiger partial charge is 0.453 e. The number of amides is 2. The number of hydrogen-bond donors (Lipinski definition) is 3. The van der Waals surface area contributed by atoms with Crippen LogP contribution in [0.25, 0.3) is 44.5 Å². The zero-order valence-electron chi connectivity index (χ0n) is 29.9. The van der Waals surface area contributed by atoms with Gasteiger partial charge in [-0.3, -0.25) is 9.69 Å². The quantitative estimate of drug-likeness (QED) is 0.137. The highest BCUT2D eigenvalue weighted by Gasteiger charge is 2.45. The van der Waals surface area contributed by atoms with Gasteiger partial charge in [-0.05, 0) is 90.7 Å². The van der Waals surface area contributed by atoms with Gasteiger partial charge in [-0.2, -0.15) is 8.78 Å². The van der Waals surface area contributed by atoms with E-state index in [2.05, 4.69) is 50.8 Å². The summed E-state index contributed by atoms with van der Waals surface area (Å²) >= 11 is 0. The Morgan fingerprint density at radius 1 is 1.02 bits per heavy atom. The number of nitrogens with one attached hydrogen (secondary N) is 3. The van der Waals surface area contributed by atoms with E-state index < -0.39 is 12.0 Å². The maximum Gasteiger partial charge on any atom is 0.407 e. The third-order valence-electron chi connectivity index (χ3n) is 11.3. The van der Waals surface area contributed by atoms with Crippen LogP contribution < -0.4 is 5.32 Å². The molecule has 2 atom stereocenters. The third-order valence-corrected chi connectivity index (χ3v) is 11.3. The Morgan fingerprint density at radius 2 is 1.71 bits per heavy atom. The molecule has 3 aromatic carbocycles. The van der Waals surface area contributed by atoms with Gasteiger partial charge in [0, 0.05) is 23.2 Å². The lowest BCUT2D eigenvalue weighted by molar-refractivity contribution is -0.131. The molecule has 3 heterocycles. The molecule has 1 aliphatic heterocycles. The number of halogens is 2. The molecule has 52 heavy (non-hydrogen) atoms. The predicted octanol–water partition coefficient (Wildman–Crippen LogP) is 7.63. The SMILES string of the molecule is CC[C@@H]1CCN(C)[C@@H]1c1nc2ccc(-c3ccc4c(c3)C(F)(F)c3cc(-c5cnc(CN(CC6(C)CC6)C(=O)CNC(=O)OC)[nH]5)ccc3-4)cc2[nH]1. The van der Waals surface area contributed by atoms with E-state index in [1.54, 1.807) is 29.3 Å². The van der Waals surface area contributed by atoms with E-state index in [0.29, 0.717) is 46.2 Å². The Bertz CT molecular complexity index is 2190. The number of imidazole rings is 2. The number of nitrogens with zero attached hydrogens (tertiary/aromatic N) is 4. The first kappa shape index (κ1) is 34.0. The molecule has 2 amide bonds. The van der Waals surface area contributed by atoms with Gasteiger partial charge in [0.25, 0.3) is 5.92 Å². The lowest BCUT2D eigenvalue weighted by Gasteiger charge is -2.25. The minimum Gasteiger partial charge on any atom is -0.453 e. The number of rotatable bonds is 10. The molecule has 2 aliphatic carbocycles. The zero-order valence-corrected chi connectivity index (χ0v) is 29.9. The van der Waals surface area contributed by atoms with Gasteiger partial charge in [-0.1, -0.05) is 50.6 Å². The molecule has 1 saturated carbocycles. The van der Waals surface area contributed by atoms with Crippen molar-refractivity contribution in [3.8, 4) is 33.5 Å². The molecule has 0 spiro atoms. The van der Waals surface area contributed by atoms with Crippen molar-refractivity contribution in [2.24, 2.45) is 11.3 Å². The van der Waals surface area contributed by atoms with Gasteiger partial charge in [0.1, 0.15) is 18.2 Å². The molecular formula is C40H43F2N7O3. The Labute approximate surface area is 301 Å². The average molecular weight is 708 g/mol. The van der Waals surface area contributed by atoms with E-state index in [1.165, 1.54) is 13.2 Å². The summed E-state index contributed by atoms with van der Waals surface area (Å²) in [7, 11) is 3.38. The van der Waals surface area contributed by atoms with Crippen LogP contribution in [0.15, 0.2) is 60.8 Å². The molecule has 270 valence electrons. The maximum atomic E-state index is 16.3. The Hall–Kier alpha value is -5.10. The second-order valence-corrected chi connectivity index (χ2v) is 15.0. The van der Waals surface area contributed by atoms with E-state index in [9.17, 15) is 9.59 Å². The fourth-order valence-corrected chi connectivity index (χ4v) is 7.97. The number of methoxy groups -OCH3 is 1. The first-order valence-electron chi connectivity index (χ1n) is 18.0. The van der Waals surface area contributed by atoms with E-state index in [1.807, 2.05) is 30.3 Å². The topological polar surface area (TPSA) is 119 Å². The first-order chi connectivity index (χ1) is 25.0. The van der Waals surface area contributed by atoms with E-state index >= 15 is 8.78 Å². The molecule has 8 rings (SSSR count). The van der Waals surface area contributed by atoms with Crippen molar-refractivity contribution in [2.45, 2.75) is 58.0 Å². The summed E-state index contributed by atoms with van der Waals surface area (Å²) in [6.07, 6.45) is 5.18. The number of aromatic amines is 2. The molecule has 3 N–H and O–H groups in total. The number of H-pyrrole nitrogens is 2.